The molecular weight excluding hydrogens is 480 g/mol. The summed E-state index contributed by atoms with van der Waals surface area (Å²) in [6, 6.07) is 15.7. The standard InChI is InChI=1S/C23H19ClN4O5S/c1-15-13-17(5-9-20(15)24)32-14-18-6-10-21(33-18)22(29)27-16-3-7-19(8-4-16)34(30,31)28-23-25-11-2-12-26-23/h2-13H,14H2,1H3,(H,27,29)(H,25,26,28). The molecule has 11 heteroatoms. The Kier molecular flexibility index (Phi) is 6.80. The Morgan fingerprint density at radius 3 is 2.50 bits per heavy atom. The molecule has 4 aromatic rings. The zero-order valence-electron chi connectivity index (χ0n) is 17.9. The number of furan rings is 1. The molecule has 174 valence electrons. The zero-order chi connectivity index (χ0) is 24.1. The van der Waals surface area contributed by atoms with E-state index in [-0.39, 0.29) is 23.2 Å². The SMILES string of the molecule is Cc1cc(OCc2ccc(C(=O)Nc3ccc(S(=O)(=O)Nc4ncccn4)cc3)o2)ccc1Cl. The third-order valence-corrected chi connectivity index (χ3v) is 6.38. The van der Waals surface area contributed by atoms with Crippen LogP contribution in [0.5, 0.6) is 5.75 Å². The fourth-order valence-corrected chi connectivity index (χ4v) is 3.96. The first-order valence-electron chi connectivity index (χ1n) is 9.99. The molecule has 0 fully saturated rings. The number of aromatic nitrogens is 2. The van der Waals surface area contributed by atoms with E-state index in [9.17, 15) is 13.2 Å². The monoisotopic (exact) mass is 498 g/mol. The Balaban J connectivity index is 1.35. The van der Waals surface area contributed by atoms with Crippen molar-refractivity contribution in [2.45, 2.75) is 18.4 Å². The lowest BCUT2D eigenvalue weighted by Gasteiger charge is -2.08. The lowest BCUT2D eigenvalue weighted by atomic mass is 10.2. The molecule has 0 saturated carbocycles. The van der Waals surface area contributed by atoms with Crippen molar-refractivity contribution in [2.75, 3.05) is 10.0 Å². The number of nitrogens with zero attached hydrogens (tertiary/aromatic N) is 2. The Morgan fingerprint density at radius 1 is 1.06 bits per heavy atom. The van der Waals surface area contributed by atoms with Crippen molar-refractivity contribution in [1.82, 2.24) is 9.97 Å². The van der Waals surface area contributed by atoms with E-state index in [0.29, 0.717) is 22.2 Å². The number of nitrogens with one attached hydrogen (secondary N) is 2. The van der Waals surface area contributed by atoms with Gasteiger partial charge in [0.1, 0.15) is 18.1 Å². The smallest absolute Gasteiger partial charge is 0.291 e. The lowest BCUT2D eigenvalue weighted by Crippen LogP contribution is -2.15. The van der Waals surface area contributed by atoms with Gasteiger partial charge in [-0.3, -0.25) is 4.79 Å². The van der Waals surface area contributed by atoms with Crippen LogP contribution in [0, 0.1) is 6.92 Å². The van der Waals surface area contributed by atoms with Crippen molar-refractivity contribution in [1.29, 1.82) is 0 Å². The van der Waals surface area contributed by atoms with Gasteiger partial charge >= 0.3 is 0 Å². The molecule has 4 rings (SSSR count). The van der Waals surface area contributed by atoms with E-state index < -0.39 is 15.9 Å². The molecule has 2 aromatic carbocycles. The minimum atomic E-state index is -3.87. The first kappa shape index (κ1) is 23.3. The molecule has 0 atom stereocenters. The molecule has 0 aliphatic carbocycles. The molecule has 0 aliphatic heterocycles. The highest BCUT2D eigenvalue weighted by Gasteiger charge is 2.17. The number of hydrogen-bond acceptors (Lipinski definition) is 7. The fraction of sp³-hybridized carbons (Fsp3) is 0.0870. The van der Waals surface area contributed by atoms with Crippen LogP contribution in [0.15, 0.2) is 82.4 Å². The molecule has 2 N–H and O–H groups in total. The number of aryl methyl sites for hydroxylation is 1. The molecular formula is C23H19ClN4O5S. The van der Waals surface area contributed by atoms with Gasteiger partial charge in [-0.1, -0.05) is 11.6 Å². The minimum absolute atomic E-state index is 0.00665. The van der Waals surface area contributed by atoms with Crippen molar-refractivity contribution in [2.24, 2.45) is 0 Å². The van der Waals surface area contributed by atoms with Gasteiger partial charge in [0, 0.05) is 23.1 Å². The van der Waals surface area contributed by atoms with Gasteiger partial charge in [-0.15, -0.1) is 0 Å². The largest absolute Gasteiger partial charge is 0.486 e. The number of carbonyl (C=O) groups excluding carboxylic acids is 1. The first-order valence-corrected chi connectivity index (χ1v) is 11.9. The number of rotatable bonds is 8. The number of hydrogen-bond donors (Lipinski definition) is 2. The van der Waals surface area contributed by atoms with E-state index in [2.05, 4.69) is 20.0 Å². The van der Waals surface area contributed by atoms with E-state index in [1.807, 2.05) is 13.0 Å². The van der Waals surface area contributed by atoms with Crippen LogP contribution in [-0.2, 0) is 16.6 Å². The molecule has 2 heterocycles. The number of amides is 1. The second-order valence-electron chi connectivity index (χ2n) is 7.12. The van der Waals surface area contributed by atoms with Crippen LogP contribution in [0.1, 0.15) is 21.9 Å². The topological polar surface area (TPSA) is 123 Å². The molecule has 0 bridgehead atoms. The predicted molar refractivity (Wildman–Crippen MR) is 126 cm³/mol. The van der Waals surface area contributed by atoms with Gasteiger partial charge in [0.2, 0.25) is 5.95 Å². The van der Waals surface area contributed by atoms with Crippen molar-refractivity contribution in [3.05, 3.63) is 95.2 Å². The second-order valence-corrected chi connectivity index (χ2v) is 9.21. The molecule has 9 nitrogen and oxygen atoms in total. The summed E-state index contributed by atoms with van der Waals surface area (Å²) in [5, 5.41) is 3.31. The van der Waals surface area contributed by atoms with Crippen LogP contribution in [-0.4, -0.2) is 24.3 Å². The van der Waals surface area contributed by atoms with Crippen molar-refractivity contribution in [3.8, 4) is 5.75 Å². The van der Waals surface area contributed by atoms with E-state index in [4.69, 9.17) is 20.8 Å². The van der Waals surface area contributed by atoms with Gasteiger partial charge < -0.3 is 14.5 Å². The van der Waals surface area contributed by atoms with E-state index in [1.165, 1.54) is 42.7 Å². The third-order valence-electron chi connectivity index (χ3n) is 4.61. The molecule has 2 aromatic heterocycles. The van der Waals surface area contributed by atoms with E-state index in [0.717, 1.165) is 5.56 Å². The average Bonchev–Trinajstić information content (AvgIpc) is 3.30. The molecule has 0 unspecified atom stereocenters. The second kappa shape index (κ2) is 9.94. The Hall–Kier alpha value is -3.89. The molecule has 0 aliphatic rings. The number of ether oxygens (including phenoxy) is 1. The molecule has 0 saturated heterocycles. The normalized spacial score (nSPS) is 11.1. The maximum atomic E-state index is 12.5. The fourth-order valence-electron chi connectivity index (χ4n) is 2.88. The molecule has 0 radical (unpaired) electrons. The van der Waals surface area contributed by atoms with E-state index in [1.54, 1.807) is 24.3 Å². The van der Waals surface area contributed by atoms with Crippen molar-refractivity contribution < 1.29 is 22.4 Å². The summed E-state index contributed by atoms with van der Waals surface area (Å²) in [5.74, 6) is 0.662. The van der Waals surface area contributed by atoms with Crippen LogP contribution in [0.2, 0.25) is 5.02 Å². The lowest BCUT2D eigenvalue weighted by molar-refractivity contribution is 0.0992. The summed E-state index contributed by atoms with van der Waals surface area (Å²) in [7, 11) is -3.87. The third kappa shape index (κ3) is 5.72. The minimum Gasteiger partial charge on any atom is -0.486 e. The van der Waals surface area contributed by atoms with Gasteiger partial charge in [-0.2, -0.15) is 0 Å². The summed E-state index contributed by atoms with van der Waals surface area (Å²) >= 11 is 6.01. The average molecular weight is 499 g/mol. The summed E-state index contributed by atoms with van der Waals surface area (Å²) in [6.45, 7) is 2.01. The van der Waals surface area contributed by atoms with Gasteiger partial charge in [0.05, 0.1) is 4.90 Å². The Labute approximate surface area is 200 Å². The van der Waals surface area contributed by atoms with Crippen LogP contribution < -0.4 is 14.8 Å². The highest BCUT2D eigenvalue weighted by atomic mass is 35.5. The summed E-state index contributed by atoms with van der Waals surface area (Å²) < 4.78 is 38.4. The van der Waals surface area contributed by atoms with Crippen LogP contribution in [0.4, 0.5) is 11.6 Å². The molecule has 34 heavy (non-hydrogen) atoms. The number of sulfonamides is 1. The van der Waals surface area contributed by atoms with Crippen molar-refractivity contribution in [3.63, 3.8) is 0 Å². The predicted octanol–water partition coefficient (Wildman–Crippen LogP) is 4.66. The quantitative estimate of drug-likeness (QED) is 0.362. The molecule has 1 amide bonds. The number of benzene rings is 2. The van der Waals surface area contributed by atoms with Gasteiger partial charge in [0.15, 0.2) is 5.76 Å². The highest BCUT2D eigenvalue weighted by Crippen LogP contribution is 2.22. The summed E-state index contributed by atoms with van der Waals surface area (Å²) in [6.07, 6.45) is 2.85. The van der Waals surface area contributed by atoms with Crippen LogP contribution >= 0.6 is 11.6 Å². The summed E-state index contributed by atoms with van der Waals surface area (Å²) in [5.41, 5.74) is 1.28. The van der Waals surface area contributed by atoms with Crippen LogP contribution in [0.25, 0.3) is 0 Å². The first-order chi connectivity index (χ1) is 16.3. The Bertz CT molecular complexity index is 1410. The summed E-state index contributed by atoms with van der Waals surface area (Å²) in [4.78, 5) is 20.2. The van der Waals surface area contributed by atoms with Gasteiger partial charge in [-0.25, -0.2) is 23.1 Å². The number of carbonyl (C=O) groups is 1. The zero-order valence-corrected chi connectivity index (χ0v) is 19.4. The van der Waals surface area contributed by atoms with Gasteiger partial charge in [-0.05, 0) is 73.2 Å². The van der Waals surface area contributed by atoms with Crippen molar-refractivity contribution >= 4 is 39.2 Å². The van der Waals surface area contributed by atoms with E-state index >= 15 is 0 Å². The number of halogens is 1. The van der Waals surface area contributed by atoms with Gasteiger partial charge in [0.25, 0.3) is 15.9 Å². The maximum absolute atomic E-state index is 12.5. The maximum Gasteiger partial charge on any atom is 0.291 e. The Morgan fingerprint density at radius 2 is 1.79 bits per heavy atom. The number of anilines is 2. The van der Waals surface area contributed by atoms with Crippen LogP contribution in [0.3, 0.4) is 0 Å². The highest BCUT2D eigenvalue weighted by molar-refractivity contribution is 7.92. The molecule has 0 spiro atoms.